The molecule has 2 heterocycles. The largest absolute Gasteiger partial charge is 0.389 e. The van der Waals surface area contributed by atoms with Crippen LogP contribution in [-0.4, -0.2) is 72.6 Å². The number of benzene rings is 2. The van der Waals surface area contributed by atoms with Gasteiger partial charge in [0.2, 0.25) is 0 Å². The molecule has 11 nitrogen and oxygen atoms in total. The standard InChI is InChI=1S/C26H27Cl2F3N4O4S.C2H6O3S/c1-17-23(25(36)33-34-13-3-2-4-14-34)32-24(21-11-6-18(27)16-22(21)28)35(17)19-7-9-20(10-8-19)39-40(37,38)15-5-12-26(29,30)31;1-2-6(3,4)5/h6-11,16H,2-5,12-15H2,1H3,(H,33,36);2H2,1H3,(H,3,4,5). The van der Waals surface area contributed by atoms with E-state index in [1.807, 2.05) is 5.01 Å². The zero-order valence-electron chi connectivity index (χ0n) is 24.9. The lowest BCUT2D eigenvalue weighted by molar-refractivity contribution is -0.134. The number of hydrogen-bond acceptors (Lipinski definition) is 8. The van der Waals surface area contributed by atoms with Gasteiger partial charge in [-0.2, -0.15) is 30.0 Å². The van der Waals surface area contributed by atoms with Crippen molar-refractivity contribution in [3.63, 3.8) is 0 Å². The van der Waals surface area contributed by atoms with E-state index in [2.05, 4.69) is 10.4 Å². The molecule has 0 radical (unpaired) electrons. The van der Waals surface area contributed by atoms with E-state index in [0.29, 0.717) is 32.8 Å². The molecule has 1 aromatic heterocycles. The maximum atomic E-state index is 13.2. The van der Waals surface area contributed by atoms with Gasteiger partial charge in [0.25, 0.3) is 16.0 Å². The zero-order valence-corrected chi connectivity index (χ0v) is 28.0. The molecule has 0 aliphatic carbocycles. The van der Waals surface area contributed by atoms with Crippen LogP contribution >= 0.6 is 23.2 Å². The van der Waals surface area contributed by atoms with Crippen LogP contribution in [0.5, 0.6) is 5.75 Å². The molecule has 1 saturated heterocycles. The lowest BCUT2D eigenvalue weighted by atomic mass is 10.2. The van der Waals surface area contributed by atoms with Crippen molar-refractivity contribution in [3.8, 4) is 22.8 Å². The monoisotopic (exact) mass is 728 g/mol. The summed E-state index contributed by atoms with van der Waals surface area (Å²) in [5.74, 6) is -1.06. The third kappa shape index (κ3) is 11.4. The van der Waals surface area contributed by atoms with Crippen LogP contribution in [0.2, 0.25) is 10.0 Å². The van der Waals surface area contributed by atoms with Crippen LogP contribution in [0.15, 0.2) is 42.5 Å². The molecule has 1 amide bonds. The molecule has 0 bridgehead atoms. The fourth-order valence-electron chi connectivity index (χ4n) is 4.37. The molecule has 2 aromatic carbocycles. The topological polar surface area (TPSA) is 148 Å². The van der Waals surface area contributed by atoms with Crippen molar-refractivity contribution in [1.82, 2.24) is 20.0 Å². The smallest absolute Gasteiger partial charge is 0.382 e. The number of imidazole rings is 1. The first-order chi connectivity index (χ1) is 21.4. The Labute approximate surface area is 275 Å². The van der Waals surface area contributed by atoms with Gasteiger partial charge in [-0.25, -0.2) is 9.99 Å². The predicted molar refractivity (Wildman–Crippen MR) is 168 cm³/mol. The summed E-state index contributed by atoms with van der Waals surface area (Å²) in [5.41, 5.74) is 4.63. The number of carbonyl (C=O) groups excluding carboxylic acids is 1. The number of nitrogens with zero attached hydrogens (tertiary/aromatic N) is 3. The van der Waals surface area contributed by atoms with Crippen molar-refractivity contribution in [1.29, 1.82) is 0 Å². The molecule has 1 fully saturated rings. The van der Waals surface area contributed by atoms with E-state index in [4.69, 9.17) is 31.9 Å². The maximum Gasteiger partial charge on any atom is 0.389 e. The van der Waals surface area contributed by atoms with Crippen molar-refractivity contribution in [3.05, 3.63) is 63.9 Å². The molecule has 0 saturated carbocycles. The number of alkyl halides is 3. The van der Waals surface area contributed by atoms with Crippen molar-refractivity contribution >= 4 is 49.3 Å². The molecule has 18 heteroatoms. The second-order valence-electron chi connectivity index (χ2n) is 10.2. The van der Waals surface area contributed by atoms with Crippen LogP contribution in [0.1, 0.15) is 55.2 Å². The van der Waals surface area contributed by atoms with Gasteiger partial charge in [0.15, 0.2) is 5.69 Å². The quantitative estimate of drug-likeness (QED) is 0.183. The zero-order chi connectivity index (χ0) is 34.3. The lowest BCUT2D eigenvalue weighted by Gasteiger charge is -2.26. The maximum absolute atomic E-state index is 13.2. The van der Waals surface area contributed by atoms with Crippen LogP contribution in [0.3, 0.4) is 0 Å². The Morgan fingerprint density at radius 2 is 1.65 bits per heavy atom. The average Bonchev–Trinajstić information content (AvgIpc) is 3.29. The molecule has 1 aliphatic rings. The van der Waals surface area contributed by atoms with Crippen LogP contribution in [-0.2, 0) is 20.2 Å². The van der Waals surface area contributed by atoms with Gasteiger partial charge >= 0.3 is 16.3 Å². The number of nitrogens with one attached hydrogen (secondary N) is 1. The first-order valence-corrected chi connectivity index (χ1v) is 18.0. The first kappa shape index (κ1) is 37.6. The Morgan fingerprint density at radius 1 is 1.04 bits per heavy atom. The number of hydrazine groups is 1. The fourth-order valence-corrected chi connectivity index (χ4v) is 5.85. The molecule has 3 aromatic rings. The Hall–Kier alpha value is -2.89. The number of amides is 1. The van der Waals surface area contributed by atoms with Crippen LogP contribution in [0.4, 0.5) is 13.2 Å². The lowest BCUT2D eigenvalue weighted by Crippen LogP contribution is -2.45. The molecule has 2 N–H and O–H groups in total. The third-order valence-electron chi connectivity index (χ3n) is 6.65. The van der Waals surface area contributed by atoms with Gasteiger partial charge in [0.1, 0.15) is 11.6 Å². The third-order valence-corrected chi connectivity index (χ3v) is 9.16. The fraction of sp³-hybridized carbons (Fsp3) is 0.429. The van der Waals surface area contributed by atoms with Gasteiger partial charge in [-0.3, -0.25) is 19.3 Å². The normalized spacial score (nSPS) is 14.3. The second-order valence-corrected chi connectivity index (χ2v) is 14.5. The molecule has 0 unspecified atom stereocenters. The highest BCUT2D eigenvalue weighted by Gasteiger charge is 2.28. The highest BCUT2D eigenvalue weighted by molar-refractivity contribution is 7.87. The van der Waals surface area contributed by atoms with E-state index < -0.39 is 45.0 Å². The van der Waals surface area contributed by atoms with Crippen LogP contribution < -0.4 is 9.61 Å². The van der Waals surface area contributed by atoms with E-state index in [9.17, 15) is 34.8 Å². The van der Waals surface area contributed by atoms with E-state index in [-0.39, 0.29) is 23.1 Å². The minimum Gasteiger partial charge on any atom is -0.382 e. The predicted octanol–water partition coefficient (Wildman–Crippen LogP) is 6.23. The molecule has 0 atom stereocenters. The van der Waals surface area contributed by atoms with Crippen molar-refractivity contribution in [2.45, 2.75) is 52.1 Å². The van der Waals surface area contributed by atoms with Crippen molar-refractivity contribution < 1.29 is 43.5 Å². The number of hydrogen-bond donors (Lipinski definition) is 2. The first-order valence-electron chi connectivity index (χ1n) is 14.0. The minimum absolute atomic E-state index is 0.0670. The van der Waals surface area contributed by atoms with Gasteiger partial charge in [0.05, 0.1) is 22.2 Å². The number of aromatic nitrogens is 2. The summed E-state index contributed by atoms with van der Waals surface area (Å²) < 4.78 is 95.1. The van der Waals surface area contributed by atoms with Gasteiger partial charge in [0, 0.05) is 35.8 Å². The number of piperidine rings is 1. The Morgan fingerprint density at radius 3 is 2.20 bits per heavy atom. The second kappa shape index (κ2) is 15.8. The Kier molecular flexibility index (Phi) is 12.9. The highest BCUT2D eigenvalue weighted by Crippen LogP contribution is 2.34. The number of halogens is 5. The summed E-state index contributed by atoms with van der Waals surface area (Å²) in [6, 6.07) is 10.7. The van der Waals surface area contributed by atoms with Crippen molar-refractivity contribution in [2.24, 2.45) is 0 Å². The molecule has 0 spiro atoms. The average molecular weight is 730 g/mol. The molecule has 4 rings (SSSR count). The number of rotatable bonds is 10. The molecule has 1 aliphatic heterocycles. The van der Waals surface area contributed by atoms with Crippen LogP contribution in [0, 0.1) is 6.92 Å². The molecular weight excluding hydrogens is 696 g/mol. The van der Waals surface area contributed by atoms with Gasteiger partial charge in [-0.15, -0.1) is 0 Å². The molecule has 46 heavy (non-hydrogen) atoms. The number of carbonyl (C=O) groups is 1. The summed E-state index contributed by atoms with van der Waals surface area (Å²) >= 11 is 12.6. The molecule has 254 valence electrons. The minimum atomic E-state index is -4.45. The van der Waals surface area contributed by atoms with E-state index >= 15 is 0 Å². The Bertz CT molecular complexity index is 1730. The molecular formula is C28H33Cl2F3N4O7S2. The van der Waals surface area contributed by atoms with Crippen LogP contribution in [0.25, 0.3) is 17.1 Å². The summed E-state index contributed by atoms with van der Waals surface area (Å²) in [6.07, 6.45) is -3.22. The van der Waals surface area contributed by atoms with Crippen molar-refractivity contribution in [2.75, 3.05) is 24.6 Å². The van der Waals surface area contributed by atoms with Gasteiger partial charge in [-0.1, -0.05) is 29.6 Å². The summed E-state index contributed by atoms with van der Waals surface area (Å²) in [4.78, 5) is 17.8. The Balaban J connectivity index is 0.000000875. The summed E-state index contributed by atoms with van der Waals surface area (Å²) in [5, 5.41) is 2.59. The van der Waals surface area contributed by atoms with Gasteiger partial charge in [-0.05, 0) is 75.6 Å². The van der Waals surface area contributed by atoms with E-state index in [0.717, 1.165) is 32.4 Å². The summed E-state index contributed by atoms with van der Waals surface area (Å²) in [6.45, 7) is 4.57. The van der Waals surface area contributed by atoms with E-state index in [1.165, 1.54) is 19.1 Å². The SMILES string of the molecule is CCS(=O)(=O)O.Cc1c(C(=O)NN2CCCCC2)nc(-c2ccc(Cl)cc2Cl)n1-c1ccc(OS(=O)(=O)CCCC(F)(F)F)cc1. The summed E-state index contributed by atoms with van der Waals surface area (Å²) in [7, 11) is -7.89. The van der Waals surface area contributed by atoms with E-state index in [1.54, 1.807) is 41.8 Å². The van der Waals surface area contributed by atoms with Gasteiger partial charge < -0.3 is 4.18 Å². The highest BCUT2D eigenvalue weighted by atomic mass is 35.5.